The molecule has 1 heterocycles. The van der Waals surface area contributed by atoms with Crippen molar-refractivity contribution in [2.24, 2.45) is 0 Å². The van der Waals surface area contributed by atoms with Gasteiger partial charge in [-0.15, -0.1) is 0 Å². The summed E-state index contributed by atoms with van der Waals surface area (Å²) in [7, 11) is 2.40. The number of hydrogen-bond donors (Lipinski definition) is 0. The minimum absolute atomic E-state index is 0.0239. The van der Waals surface area contributed by atoms with E-state index in [1.807, 2.05) is 0 Å². The van der Waals surface area contributed by atoms with Crippen LogP contribution in [0.1, 0.15) is 20.8 Å². The SMILES string of the molecule is COC(=O)[C@H]1O[C@@H](Oc2ccc(Cl)cc2N(C)C(=O)Cl)[C@H](OC(C)=O)[C@@H](OC(C)=O)[C@@H]1OC(C)=O. The van der Waals surface area contributed by atoms with Gasteiger partial charge in [-0.25, -0.2) is 4.79 Å². The Kier molecular flexibility index (Phi) is 9.69. The number of ether oxygens (including phenoxy) is 6. The number of amides is 1. The third-order valence-electron chi connectivity index (χ3n) is 4.62. The molecule has 1 fully saturated rings. The first-order chi connectivity index (χ1) is 16.3. The zero-order valence-electron chi connectivity index (χ0n) is 19.3. The molecule has 1 saturated heterocycles. The second-order valence-electron chi connectivity index (χ2n) is 7.21. The summed E-state index contributed by atoms with van der Waals surface area (Å²) in [6.45, 7) is 3.19. The van der Waals surface area contributed by atoms with Gasteiger partial charge in [-0.2, -0.15) is 0 Å². The molecule has 35 heavy (non-hydrogen) atoms. The van der Waals surface area contributed by atoms with Crippen LogP contribution in [-0.2, 0) is 42.9 Å². The van der Waals surface area contributed by atoms with Gasteiger partial charge in [0.1, 0.15) is 5.75 Å². The van der Waals surface area contributed by atoms with Gasteiger partial charge in [0.2, 0.25) is 12.4 Å². The van der Waals surface area contributed by atoms with Crippen LogP contribution in [0.5, 0.6) is 5.75 Å². The molecular formula is C21H23Cl2NO11. The van der Waals surface area contributed by atoms with Crippen LogP contribution in [0.15, 0.2) is 18.2 Å². The topological polar surface area (TPSA) is 144 Å². The van der Waals surface area contributed by atoms with Gasteiger partial charge in [0, 0.05) is 32.8 Å². The summed E-state index contributed by atoms with van der Waals surface area (Å²) in [6.07, 6.45) is -7.87. The number of methoxy groups -OCH3 is 1. The molecular weight excluding hydrogens is 513 g/mol. The number of halogens is 2. The van der Waals surface area contributed by atoms with Gasteiger partial charge in [-0.3, -0.25) is 24.1 Å². The van der Waals surface area contributed by atoms with Gasteiger partial charge in [0.05, 0.1) is 12.8 Å². The normalized spacial score (nSPS) is 23.5. The lowest BCUT2D eigenvalue weighted by Gasteiger charge is -2.43. The lowest BCUT2D eigenvalue weighted by Crippen LogP contribution is -2.64. The van der Waals surface area contributed by atoms with Crippen LogP contribution in [0.2, 0.25) is 5.02 Å². The average Bonchev–Trinajstić information content (AvgIpc) is 2.76. The van der Waals surface area contributed by atoms with Crippen LogP contribution in [0.4, 0.5) is 10.5 Å². The van der Waals surface area contributed by atoms with Gasteiger partial charge >= 0.3 is 29.2 Å². The number of carbonyl (C=O) groups excluding carboxylic acids is 5. The molecule has 1 aromatic rings. The minimum atomic E-state index is -1.65. The first-order valence-corrected chi connectivity index (χ1v) is 10.8. The van der Waals surface area contributed by atoms with Crippen molar-refractivity contribution in [2.45, 2.75) is 51.5 Å². The fraction of sp³-hybridized carbons (Fsp3) is 0.476. The fourth-order valence-electron chi connectivity index (χ4n) is 3.25. The zero-order chi connectivity index (χ0) is 26.4. The molecule has 12 nitrogen and oxygen atoms in total. The van der Waals surface area contributed by atoms with Crippen LogP contribution < -0.4 is 9.64 Å². The average molecular weight is 536 g/mol. The Bertz CT molecular complexity index is 1000. The second-order valence-corrected chi connectivity index (χ2v) is 7.97. The predicted octanol–water partition coefficient (Wildman–Crippen LogP) is 2.21. The Morgan fingerprint density at radius 1 is 0.914 bits per heavy atom. The Morgan fingerprint density at radius 2 is 1.46 bits per heavy atom. The summed E-state index contributed by atoms with van der Waals surface area (Å²) >= 11 is 11.6. The fourth-order valence-corrected chi connectivity index (χ4v) is 3.50. The molecule has 1 amide bonds. The molecule has 0 aromatic heterocycles. The van der Waals surface area contributed by atoms with Crippen molar-refractivity contribution in [2.75, 3.05) is 19.1 Å². The standard InChI is InChI=1S/C21H23Cl2NO11/c1-9(25)31-15-16(32-10(2)26)18(33-11(3)27)20(35-17(15)19(28)30-5)34-14-7-6-12(22)8-13(14)24(4)21(23)29/h6-8,15-18,20H,1-5H3/t15-,16-,17-,18+,20+/m0/s1. The number of nitrogens with zero attached hydrogens (tertiary/aromatic N) is 1. The van der Waals surface area contributed by atoms with Crippen LogP contribution in [0.25, 0.3) is 0 Å². The number of hydrogen-bond acceptors (Lipinski definition) is 11. The Morgan fingerprint density at radius 3 is 1.97 bits per heavy atom. The van der Waals surface area contributed by atoms with Crippen LogP contribution >= 0.6 is 23.2 Å². The summed E-state index contributed by atoms with van der Waals surface area (Å²) in [5.41, 5.74) is 0.100. The Balaban J connectivity index is 2.60. The van der Waals surface area contributed by atoms with Gasteiger partial charge in [0.15, 0.2) is 18.3 Å². The molecule has 0 unspecified atom stereocenters. The lowest BCUT2D eigenvalue weighted by atomic mass is 9.97. The third kappa shape index (κ3) is 7.20. The van der Waals surface area contributed by atoms with E-state index in [4.69, 9.17) is 51.6 Å². The summed E-state index contributed by atoms with van der Waals surface area (Å²) in [6, 6.07) is 4.16. The highest BCUT2D eigenvalue weighted by Crippen LogP contribution is 2.36. The molecule has 1 aromatic carbocycles. The van der Waals surface area contributed by atoms with E-state index in [0.717, 1.165) is 32.8 Å². The van der Waals surface area contributed by atoms with E-state index in [-0.39, 0.29) is 16.5 Å². The van der Waals surface area contributed by atoms with E-state index in [1.165, 1.54) is 25.2 Å². The number of esters is 4. The Labute approximate surface area is 210 Å². The molecule has 0 bridgehead atoms. The summed E-state index contributed by atoms with van der Waals surface area (Å²) in [5.74, 6) is -3.52. The molecule has 2 rings (SSSR count). The summed E-state index contributed by atoms with van der Waals surface area (Å²) < 4.78 is 32.0. The van der Waals surface area contributed by atoms with Crippen LogP contribution in [0, 0.1) is 0 Å². The van der Waals surface area contributed by atoms with Gasteiger partial charge in [-0.05, 0) is 29.8 Å². The highest BCUT2D eigenvalue weighted by Gasteiger charge is 2.56. The van der Waals surface area contributed by atoms with Crippen molar-refractivity contribution in [3.63, 3.8) is 0 Å². The van der Waals surface area contributed by atoms with Crippen molar-refractivity contribution in [1.82, 2.24) is 0 Å². The van der Waals surface area contributed by atoms with Gasteiger partial charge in [0.25, 0.3) is 0 Å². The molecule has 5 atom stereocenters. The summed E-state index contributed by atoms with van der Waals surface area (Å²) in [4.78, 5) is 60.7. The van der Waals surface area contributed by atoms with E-state index in [2.05, 4.69) is 0 Å². The maximum Gasteiger partial charge on any atom is 0.339 e. The minimum Gasteiger partial charge on any atom is -0.467 e. The summed E-state index contributed by atoms with van der Waals surface area (Å²) in [5, 5.41) is -0.642. The van der Waals surface area contributed by atoms with Crippen molar-refractivity contribution in [1.29, 1.82) is 0 Å². The molecule has 1 aliphatic rings. The van der Waals surface area contributed by atoms with E-state index >= 15 is 0 Å². The smallest absolute Gasteiger partial charge is 0.339 e. The highest BCUT2D eigenvalue weighted by molar-refractivity contribution is 6.66. The van der Waals surface area contributed by atoms with Crippen molar-refractivity contribution in [3.8, 4) is 5.75 Å². The number of rotatable bonds is 7. The van der Waals surface area contributed by atoms with Crippen molar-refractivity contribution in [3.05, 3.63) is 23.2 Å². The monoisotopic (exact) mass is 535 g/mol. The van der Waals surface area contributed by atoms with Crippen molar-refractivity contribution < 1.29 is 52.4 Å². The molecule has 0 spiro atoms. The largest absolute Gasteiger partial charge is 0.467 e. The van der Waals surface area contributed by atoms with E-state index in [1.54, 1.807) is 0 Å². The van der Waals surface area contributed by atoms with Crippen LogP contribution in [0.3, 0.4) is 0 Å². The van der Waals surface area contributed by atoms with Gasteiger partial charge < -0.3 is 28.4 Å². The second kappa shape index (κ2) is 12.0. The predicted molar refractivity (Wildman–Crippen MR) is 119 cm³/mol. The third-order valence-corrected chi connectivity index (χ3v) is 5.11. The van der Waals surface area contributed by atoms with E-state index in [9.17, 15) is 24.0 Å². The maximum atomic E-state index is 12.5. The molecule has 0 aliphatic carbocycles. The van der Waals surface area contributed by atoms with E-state index < -0.39 is 59.9 Å². The van der Waals surface area contributed by atoms with Crippen LogP contribution in [-0.4, -0.2) is 74.1 Å². The molecule has 0 N–H and O–H groups in total. The number of anilines is 1. The van der Waals surface area contributed by atoms with Crippen molar-refractivity contribution >= 4 is 58.1 Å². The number of benzene rings is 1. The number of carbonyl (C=O) groups is 5. The maximum absolute atomic E-state index is 12.5. The molecule has 14 heteroatoms. The molecule has 1 aliphatic heterocycles. The first-order valence-electron chi connectivity index (χ1n) is 10.00. The molecule has 0 radical (unpaired) electrons. The Hall–Kier alpha value is -3.09. The first kappa shape index (κ1) is 28.1. The molecule has 0 saturated carbocycles. The molecule has 192 valence electrons. The lowest BCUT2D eigenvalue weighted by molar-refractivity contribution is -0.282. The highest BCUT2D eigenvalue weighted by atomic mass is 35.5. The van der Waals surface area contributed by atoms with Gasteiger partial charge in [-0.1, -0.05) is 11.6 Å². The quantitative estimate of drug-likeness (QED) is 0.219. The van der Waals surface area contributed by atoms with E-state index in [0.29, 0.717) is 0 Å². The zero-order valence-corrected chi connectivity index (χ0v) is 20.8.